The lowest BCUT2D eigenvalue weighted by Gasteiger charge is -2.14. The van der Waals surface area contributed by atoms with Gasteiger partial charge in [0, 0.05) is 18.4 Å². The predicted octanol–water partition coefficient (Wildman–Crippen LogP) is 5.28. The Labute approximate surface area is 189 Å². The van der Waals surface area contributed by atoms with E-state index < -0.39 is 0 Å². The summed E-state index contributed by atoms with van der Waals surface area (Å²) in [5.74, 6) is -0.537. The SMILES string of the molecule is O=C(Nc1nc2ccc(-c3ccncc3)cc2s1)c1ccccc1C(=O)NC1CCCC1. The van der Waals surface area contributed by atoms with E-state index in [0.29, 0.717) is 16.3 Å². The summed E-state index contributed by atoms with van der Waals surface area (Å²) in [4.78, 5) is 34.4. The largest absolute Gasteiger partial charge is 0.349 e. The monoisotopic (exact) mass is 442 g/mol. The van der Waals surface area contributed by atoms with Crippen LogP contribution in [0.2, 0.25) is 0 Å². The van der Waals surface area contributed by atoms with Crippen LogP contribution in [0.3, 0.4) is 0 Å². The van der Waals surface area contributed by atoms with Crippen molar-refractivity contribution in [3.63, 3.8) is 0 Å². The number of thiazole rings is 1. The van der Waals surface area contributed by atoms with Crippen molar-refractivity contribution in [3.05, 3.63) is 78.1 Å². The number of rotatable bonds is 5. The molecule has 0 saturated heterocycles. The fourth-order valence-corrected chi connectivity index (χ4v) is 4.98. The number of fused-ring (bicyclic) bond motifs is 1. The maximum Gasteiger partial charge on any atom is 0.258 e. The van der Waals surface area contributed by atoms with Crippen LogP contribution in [0.25, 0.3) is 21.3 Å². The van der Waals surface area contributed by atoms with E-state index >= 15 is 0 Å². The van der Waals surface area contributed by atoms with Gasteiger partial charge in [-0.2, -0.15) is 0 Å². The van der Waals surface area contributed by atoms with E-state index in [2.05, 4.69) is 26.7 Å². The Morgan fingerprint density at radius 1 is 0.875 bits per heavy atom. The maximum absolute atomic E-state index is 13.0. The fourth-order valence-electron chi connectivity index (χ4n) is 4.08. The number of hydrogen-bond donors (Lipinski definition) is 2. The number of hydrogen-bond acceptors (Lipinski definition) is 5. The van der Waals surface area contributed by atoms with E-state index in [0.717, 1.165) is 47.0 Å². The molecule has 1 aliphatic rings. The van der Waals surface area contributed by atoms with Gasteiger partial charge in [0.1, 0.15) is 0 Å². The summed E-state index contributed by atoms with van der Waals surface area (Å²) in [7, 11) is 0. The van der Waals surface area contributed by atoms with E-state index in [9.17, 15) is 9.59 Å². The van der Waals surface area contributed by atoms with Crippen molar-refractivity contribution in [2.75, 3.05) is 5.32 Å². The van der Waals surface area contributed by atoms with Gasteiger partial charge in [-0.1, -0.05) is 42.4 Å². The second-order valence-corrected chi connectivity index (χ2v) is 8.92. The Morgan fingerprint density at radius 2 is 1.59 bits per heavy atom. The average molecular weight is 443 g/mol. The molecular weight excluding hydrogens is 420 g/mol. The first-order chi connectivity index (χ1) is 15.7. The number of nitrogens with zero attached hydrogens (tertiary/aromatic N) is 2. The molecule has 1 saturated carbocycles. The number of benzene rings is 2. The van der Waals surface area contributed by atoms with Gasteiger partial charge in [0.25, 0.3) is 11.8 Å². The molecule has 2 aromatic carbocycles. The first kappa shape index (κ1) is 20.3. The van der Waals surface area contributed by atoms with Gasteiger partial charge in [-0.15, -0.1) is 0 Å². The minimum absolute atomic E-state index is 0.192. The van der Waals surface area contributed by atoms with Crippen LogP contribution >= 0.6 is 11.3 Å². The highest BCUT2D eigenvalue weighted by Crippen LogP contribution is 2.30. The summed E-state index contributed by atoms with van der Waals surface area (Å²) in [6.45, 7) is 0. The van der Waals surface area contributed by atoms with Gasteiger partial charge in [0.15, 0.2) is 5.13 Å². The molecule has 0 spiro atoms. The van der Waals surface area contributed by atoms with E-state index in [1.165, 1.54) is 11.3 Å². The molecule has 2 amide bonds. The van der Waals surface area contributed by atoms with Crippen LogP contribution < -0.4 is 10.6 Å². The number of carbonyl (C=O) groups excluding carboxylic acids is 2. The molecule has 0 aliphatic heterocycles. The van der Waals surface area contributed by atoms with Gasteiger partial charge in [-0.25, -0.2) is 4.98 Å². The molecule has 32 heavy (non-hydrogen) atoms. The van der Waals surface area contributed by atoms with Crippen LogP contribution in [0.15, 0.2) is 67.0 Å². The molecule has 1 fully saturated rings. The molecule has 2 N–H and O–H groups in total. The van der Waals surface area contributed by atoms with Crippen molar-refractivity contribution in [2.45, 2.75) is 31.7 Å². The molecule has 0 bridgehead atoms. The van der Waals surface area contributed by atoms with Crippen LogP contribution in [0.5, 0.6) is 0 Å². The van der Waals surface area contributed by atoms with Gasteiger partial charge in [0.05, 0.1) is 21.3 Å². The summed E-state index contributed by atoms with van der Waals surface area (Å²) < 4.78 is 0.974. The molecular formula is C25H22N4O2S. The highest BCUT2D eigenvalue weighted by molar-refractivity contribution is 7.22. The minimum Gasteiger partial charge on any atom is -0.349 e. The second kappa shape index (κ2) is 8.88. The topological polar surface area (TPSA) is 84.0 Å². The van der Waals surface area contributed by atoms with Crippen molar-refractivity contribution in [1.29, 1.82) is 0 Å². The number of amides is 2. The number of pyridine rings is 1. The Balaban J connectivity index is 1.36. The van der Waals surface area contributed by atoms with E-state index in [4.69, 9.17) is 0 Å². The maximum atomic E-state index is 13.0. The molecule has 0 radical (unpaired) electrons. The molecule has 7 heteroatoms. The van der Waals surface area contributed by atoms with Crippen LogP contribution in [-0.2, 0) is 0 Å². The number of carbonyl (C=O) groups is 2. The number of anilines is 1. The minimum atomic E-state index is -0.337. The molecule has 1 aliphatic carbocycles. The standard InChI is InChI=1S/C25H22N4O2S/c30-23(27-18-5-1-2-6-18)19-7-3-4-8-20(19)24(31)29-25-28-21-10-9-17(15-22(21)32-25)16-11-13-26-14-12-16/h3-4,7-15,18H,1-2,5-6H2,(H,27,30)(H,28,29,31). The highest BCUT2D eigenvalue weighted by Gasteiger charge is 2.22. The second-order valence-electron chi connectivity index (χ2n) is 7.89. The lowest BCUT2D eigenvalue weighted by Crippen LogP contribution is -2.34. The average Bonchev–Trinajstić information content (AvgIpc) is 3.48. The van der Waals surface area contributed by atoms with Crippen LogP contribution in [-0.4, -0.2) is 27.8 Å². The summed E-state index contributed by atoms with van der Waals surface area (Å²) in [6, 6.07) is 17.0. The zero-order chi connectivity index (χ0) is 21.9. The quantitative estimate of drug-likeness (QED) is 0.440. The van der Waals surface area contributed by atoms with Gasteiger partial charge in [-0.05, 0) is 60.4 Å². The summed E-state index contributed by atoms with van der Waals surface area (Å²) in [5, 5.41) is 6.44. The Morgan fingerprint density at radius 3 is 2.34 bits per heavy atom. The molecule has 160 valence electrons. The van der Waals surface area contributed by atoms with E-state index in [-0.39, 0.29) is 17.9 Å². The first-order valence-corrected chi connectivity index (χ1v) is 11.5. The van der Waals surface area contributed by atoms with Crippen molar-refractivity contribution >= 4 is 38.5 Å². The third kappa shape index (κ3) is 4.24. The molecule has 6 nitrogen and oxygen atoms in total. The fraction of sp³-hybridized carbons (Fsp3) is 0.200. The van der Waals surface area contributed by atoms with Crippen LogP contribution in [0, 0.1) is 0 Å². The molecule has 4 aromatic rings. The van der Waals surface area contributed by atoms with Gasteiger partial charge >= 0.3 is 0 Å². The Kier molecular flexibility index (Phi) is 5.64. The lowest BCUT2D eigenvalue weighted by atomic mass is 10.1. The van der Waals surface area contributed by atoms with Crippen LogP contribution in [0.4, 0.5) is 5.13 Å². The molecule has 5 rings (SSSR count). The van der Waals surface area contributed by atoms with Crippen LogP contribution in [0.1, 0.15) is 46.4 Å². The highest BCUT2D eigenvalue weighted by atomic mass is 32.1. The molecule has 2 heterocycles. The normalized spacial score (nSPS) is 13.9. The van der Waals surface area contributed by atoms with Gasteiger partial charge in [-0.3, -0.25) is 19.9 Å². The van der Waals surface area contributed by atoms with Gasteiger partial charge in [0.2, 0.25) is 0 Å². The third-order valence-corrected chi connectivity index (χ3v) is 6.66. The van der Waals surface area contributed by atoms with E-state index in [1.807, 2.05) is 24.3 Å². The zero-order valence-corrected chi connectivity index (χ0v) is 18.2. The van der Waals surface area contributed by atoms with Crippen molar-refractivity contribution in [1.82, 2.24) is 15.3 Å². The Bertz CT molecular complexity index is 1280. The van der Waals surface area contributed by atoms with Crippen molar-refractivity contribution in [2.24, 2.45) is 0 Å². The molecule has 2 aromatic heterocycles. The van der Waals surface area contributed by atoms with Crippen molar-refractivity contribution in [3.8, 4) is 11.1 Å². The Hall–Kier alpha value is -3.58. The lowest BCUT2D eigenvalue weighted by molar-refractivity contribution is 0.0926. The van der Waals surface area contributed by atoms with E-state index in [1.54, 1.807) is 36.7 Å². The molecule has 0 atom stereocenters. The summed E-state index contributed by atoms with van der Waals surface area (Å²) in [6.07, 6.45) is 7.78. The first-order valence-electron chi connectivity index (χ1n) is 10.7. The van der Waals surface area contributed by atoms with Crippen molar-refractivity contribution < 1.29 is 9.59 Å². The molecule has 0 unspecified atom stereocenters. The number of nitrogens with one attached hydrogen (secondary N) is 2. The van der Waals surface area contributed by atoms with Gasteiger partial charge < -0.3 is 5.32 Å². The number of aromatic nitrogens is 2. The third-order valence-electron chi connectivity index (χ3n) is 5.73. The summed E-state index contributed by atoms with van der Waals surface area (Å²) >= 11 is 1.41. The summed E-state index contributed by atoms with van der Waals surface area (Å²) in [5.41, 5.74) is 3.69. The zero-order valence-electron chi connectivity index (χ0n) is 17.4. The predicted molar refractivity (Wildman–Crippen MR) is 127 cm³/mol. The smallest absolute Gasteiger partial charge is 0.258 e.